The van der Waals surface area contributed by atoms with E-state index in [1.807, 2.05) is 76.1 Å². The van der Waals surface area contributed by atoms with E-state index in [0.29, 0.717) is 11.5 Å². The lowest BCUT2D eigenvalue weighted by molar-refractivity contribution is -0.110. The number of amides is 1. The van der Waals surface area contributed by atoms with Gasteiger partial charge in [-0.3, -0.25) is 9.36 Å². The molecule has 1 aliphatic rings. The number of imidazole rings is 1. The quantitative estimate of drug-likeness (QED) is 0.527. The van der Waals surface area contributed by atoms with Crippen molar-refractivity contribution in [2.24, 2.45) is 0 Å². The lowest BCUT2D eigenvalue weighted by Crippen LogP contribution is -2.49. The Morgan fingerprint density at radius 1 is 1.06 bits per heavy atom. The fraction of sp³-hybridized carbons (Fsp3) is 0.417. The summed E-state index contributed by atoms with van der Waals surface area (Å²) in [6.45, 7) is 11.0. The topological polar surface area (TPSA) is 76.4 Å². The van der Waals surface area contributed by atoms with Gasteiger partial charge in [0.15, 0.2) is 0 Å². The minimum atomic E-state index is -4.00. The van der Waals surface area contributed by atoms with Crippen LogP contribution in [0.3, 0.4) is 0 Å². The number of nitrogens with zero attached hydrogens (tertiary/aromatic N) is 2. The number of nitrogens with one attached hydrogen (secondary N) is 1. The summed E-state index contributed by atoms with van der Waals surface area (Å²) in [5.74, 6) is 4.08. The van der Waals surface area contributed by atoms with Crippen LogP contribution in [0, 0.1) is 0 Å². The Labute approximate surface area is 199 Å². The van der Waals surface area contributed by atoms with Crippen molar-refractivity contribution in [3.63, 3.8) is 0 Å². The zero-order valence-electron chi connectivity index (χ0n) is 20.6. The Balaban J connectivity index is 0.000000733. The van der Waals surface area contributed by atoms with E-state index in [1.54, 1.807) is 30.8 Å². The molecule has 0 saturated heterocycles. The van der Waals surface area contributed by atoms with Crippen LogP contribution < -0.4 is 5.32 Å². The highest BCUT2D eigenvalue weighted by Gasteiger charge is 2.38. The normalized spacial score (nSPS) is 13.1. The molecule has 10 heteroatoms. The largest absolute Gasteiger partial charge is 0.420 e. The van der Waals surface area contributed by atoms with Gasteiger partial charge in [0.25, 0.3) is 5.91 Å². The van der Waals surface area contributed by atoms with Gasteiger partial charge in [0.1, 0.15) is 11.5 Å². The molecule has 1 aliphatic heterocycles. The van der Waals surface area contributed by atoms with Gasteiger partial charge >= 0.3 is 13.1 Å². The third-order valence-corrected chi connectivity index (χ3v) is 4.85. The summed E-state index contributed by atoms with van der Waals surface area (Å²) in [5.41, 5.74) is -0.613. The maximum absolute atomic E-state index is 12.6. The molecule has 0 aliphatic carbocycles. The van der Waals surface area contributed by atoms with Crippen molar-refractivity contribution in [1.82, 2.24) is 9.55 Å². The number of anilines is 1. The number of alkyl halides is 3. The van der Waals surface area contributed by atoms with E-state index < -0.39 is 17.4 Å². The zero-order chi connectivity index (χ0) is 26.2. The molecule has 2 N–H and O–H groups in total. The number of hydrogen-bond donors (Lipinski definition) is 2. The van der Waals surface area contributed by atoms with Gasteiger partial charge in [-0.15, -0.1) is 0 Å². The number of hydrogen-bond acceptors (Lipinski definition) is 4. The average Bonchev–Trinajstić information content (AvgIpc) is 3.03. The summed E-state index contributed by atoms with van der Waals surface area (Å²) in [5, 5.41) is 13.2. The van der Waals surface area contributed by atoms with Crippen molar-refractivity contribution < 1.29 is 27.7 Å². The molecule has 6 nitrogen and oxygen atoms in total. The van der Waals surface area contributed by atoms with Crippen molar-refractivity contribution >= 4 is 30.8 Å². The third-order valence-electron chi connectivity index (χ3n) is 4.85. The van der Waals surface area contributed by atoms with E-state index >= 15 is 0 Å². The van der Waals surface area contributed by atoms with Gasteiger partial charge in [-0.25, -0.2) is 4.98 Å². The summed E-state index contributed by atoms with van der Waals surface area (Å²) < 4.78 is 38.8. The van der Waals surface area contributed by atoms with E-state index in [2.05, 4.69) is 10.3 Å². The van der Waals surface area contributed by atoms with Gasteiger partial charge < -0.3 is 15.1 Å². The number of halogens is 3. The Bertz CT molecular complexity index is 973. The average molecular weight is 479 g/mol. The fourth-order valence-electron chi connectivity index (χ4n) is 2.52. The molecule has 2 aromatic rings. The van der Waals surface area contributed by atoms with E-state index in [9.17, 15) is 23.1 Å². The molecule has 0 unspecified atom stereocenters. The molecular weight excluding hydrogens is 446 g/mol. The predicted molar refractivity (Wildman–Crippen MR) is 131 cm³/mol. The molecule has 0 saturated carbocycles. The molecule has 2 heterocycles. The fourth-order valence-corrected chi connectivity index (χ4v) is 2.52. The summed E-state index contributed by atoms with van der Waals surface area (Å²) in [6.07, 6.45) is 1.13. The first-order valence-corrected chi connectivity index (χ1v) is 10.9. The zero-order valence-corrected chi connectivity index (χ0v) is 20.6. The molecule has 0 bridgehead atoms. The molecular formula is C24H33BF3N3O3. The Kier molecular flexibility index (Phi) is 10.3. The standard InChI is InChI=1S/C20H24BN3O3.C2H3F3.C2H6/c1-19(2,26)20(3,4)27-21-11-10-17-22-14-16(24(17)13-12-21)18(25)23-15-8-6-5-7-9-15;1-2(3,4)5;1-2/h5-14,26H,1-4H3,(H,23,25);1H3;1-2H3. The van der Waals surface area contributed by atoms with Gasteiger partial charge in [0.2, 0.25) is 0 Å². The molecule has 186 valence electrons. The molecule has 0 fully saturated rings. The van der Waals surface area contributed by atoms with E-state index in [1.165, 1.54) is 0 Å². The number of benzene rings is 1. The minimum absolute atomic E-state index is 0.188. The molecule has 0 atom stereocenters. The van der Waals surface area contributed by atoms with Crippen LogP contribution in [0.5, 0.6) is 0 Å². The Morgan fingerprint density at radius 2 is 1.62 bits per heavy atom. The van der Waals surface area contributed by atoms with Crippen LogP contribution in [0.2, 0.25) is 0 Å². The lowest BCUT2D eigenvalue weighted by atomic mass is 9.66. The monoisotopic (exact) mass is 479 g/mol. The number of fused-ring (bicyclic) bond motifs is 1. The summed E-state index contributed by atoms with van der Waals surface area (Å²) >= 11 is 0. The molecule has 1 aromatic heterocycles. The van der Waals surface area contributed by atoms with Crippen molar-refractivity contribution in [1.29, 1.82) is 0 Å². The number of para-hydroxylation sites is 1. The van der Waals surface area contributed by atoms with Crippen molar-refractivity contribution in [3.05, 3.63) is 60.0 Å². The number of rotatable bonds is 5. The minimum Gasteiger partial charge on any atom is -0.420 e. The van der Waals surface area contributed by atoms with Crippen LogP contribution in [0.15, 0.2) is 48.5 Å². The first kappa shape index (κ1) is 29.2. The second-order valence-electron chi connectivity index (χ2n) is 8.33. The van der Waals surface area contributed by atoms with E-state index in [-0.39, 0.29) is 19.7 Å². The van der Waals surface area contributed by atoms with Gasteiger partial charge in [-0.05, 0) is 45.9 Å². The van der Waals surface area contributed by atoms with Crippen LogP contribution in [0.1, 0.15) is 64.8 Å². The Hall–Kier alpha value is -2.85. The Morgan fingerprint density at radius 3 is 2.15 bits per heavy atom. The second-order valence-corrected chi connectivity index (χ2v) is 8.33. The number of carbonyl (C=O) groups is 1. The molecule has 1 amide bonds. The highest BCUT2D eigenvalue weighted by Crippen LogP contribution is 2.27. The highest BCUT2D eigenvalue weighted by molar-refractivity contribution is 6.64. The van der Waals surface area contributed by atoms with Crippen molar-refractivity contribution in [2.45, 2.75) is 65.8 Å². The SMILES string of the molecule is CC.CC(C)(O)C(C)(C)OB1C=Cc2ncc(C(=O)Nc3ccccc3)n2C=C1.CC(F)(F)F. The van der Waals surface area contributed by atoms with Gasteiger partial charge in [0, 0.05) is 18.8 Å². The van der Waals surface area contributed by atoms with E-state index in [0.717, 1.165) is 5.69 Å². The lowest BCUT2D eigenvalue weighted by Gasteiger charge is -2.38. The van der Waals surface area contributed by atoms with Crippen LogP contribution in [-0.4, -0.2) is 44.9 Å². The van der Waals surface area contributed by atoms with E-state index in [4.69, 9.17) is 4.65 Å². The van der Waals surface area contributed by atoms with Crippen LogP contribution in [0.4, 0.5) is 18.9 Å². The number of aromatic nitrogens is 2. The maximum Gasteiger partial charge on any atom is 0.386 e. The molecule has 3 rings (SSSR count). The van der Waals surface area contributed by atoms with Crippen LogP contribution >= 0.6 is 0 Å². The first-order valence-electron chi connectivity index (χ1n) is 10.9. The van der Waals surface area contributed by atoms with Crippen LogP contribution in [-0.2, 0) is 4.65 Å². The first-order chi connectivity index (χ1) is 15.7. The number of aliphatic hydroxyl groups is 1. The molecule has 0 spiro atoms. The maximum atomic E-state index is 12.6. The second kappa shape index (κ2) is 12.0. The smallest absolute Gasteiger partial charge is 0.386 e. The van der Waals surface area contributed by atoms with Crippen molar-refractivity contribution in [2.75, 3.05) is 5.32 Å². The summed E-state index contributed by atoms with van der Waals surface area (Å²) in [4.78, 5) is 16.9. The highest BCUT2D eigenvalue weighted by atomic mass is 19.4. The summed E-state index contributed by atoms with van der Waals surface area (Å²) in [6, 6.07) is 9.28. The van der Waals surface area contributed by atoms with Gasteiger partial charge in [-0.1, -0.05) is 44.0 Å². The number of carbonyl (C=O) groups excluding carboxylic acids is 1. The van der Waals surface area contributed by atoms with Crippen molar-refractivity contribution in [3.8, 4) is 0 Å². The third kappa shape index (κ3) is 9.19. The molecule has 0 radical (unpaired) electrons. The van der Waals surface area contributed by atoms with Crippen LogP contribution in [0.25, 0.3) is 12.3 Å². The van der Waals surface area contributed by atoms with Gasteiger partial charge in [-0.2, -0.15) is 13.2 Å². The molecule has 1 aromatic carbocycles. The summed E-state index contributed by atoms with van der Waals surface area (Å²) in [7, 11) is 0. The van der Waals surface area contributed by atoms with Gasteiger partial charge in [0.05, 0.1) is 17.4 Å². The molecule has 34 heavy (non-hydrogen) atoms. The predicted octanol–water partition coefficient (Wildman–Crippen LogP) is 5.86.